The van der Waals surface area contributed by atoms with Gasteiger partial charge in [-0.15, -0.1) is 0 Å². The van der Waals surface area contributed by atoms with Crippen LogP contribution in [0.5, 0.6) is 0 Å². The lowest BCUT2D eigenvalue weighted by Gasteiger charge is -2.19. The highest BCUT2D eigenvalue weighted by Gasteiger charge is 2.26. The smallest absolute Gasteiger partial charge is 0.328 e. The number of ether oxygens (including phenoxy) is 1. The Hall–Kier alpha value is -3.15. The number of rotatable bonds is 5. The Labute approximate surface area is 188 Å². The minimum absolute atomic E-state index is 0.0951. The van der Waals surface area contributed by atoms with Crippen molar-refractivity contribution in [1.29, 1.82) is 0 Å². The maximum Gasteiger partial charge on any atom is 0.328 e. The van der Waals surface area contributed by atoms with E-state index >= 15 is 0 Å². The number of nitrogens with one attached hydrogen (secondary N) is 1. The van der Waals surface area contributed by atoms with Crippen molar-refractivity contribution >= 4 is 56.9 Å². The molecule has 0 aliphatic carbocycles. The van der Waals surface area contributed by atoms with Crippen LogP contribution in [0.1, 0.15) is 15.9 Å². The lowest BCUT2D eigenvalue weighted by molar-refractivity contribution is -0.142. The molecule has 0 aliphatic rings. The van der Waals surface area contributed by atoms with E-state index in [1.165, 1.54) is 7.11 Å². The summed E-state index contributed by atoms with van der Waals surface area (Å²) in [6, 6.07) is 18.9. The van der Waals surface area contributed by atoms with Crippen LogP contribution in [-0.4, -0.2) is 30.0 Å². The van der Waals surface area contributed by atoms with Crippen molar-refractivity contribution in [3.63, 3.8) is 0 Å². The molecule has 4 rings (SSSR count). The van der Waals surface area contributed by atoms with Crippen LogP contribution in [0.4, 0.5) is 0 Å². The van der Waals surface area contributed by atoms with Crippen molar-refractivity contribution < 1.29 is 14.3 Å². The summed E-state index contributed by atoms with van der Waals surface area (Å²) in [6.07, 6.45) is 0.0951. The third kappa shape index (κ3) is 4.20. The first-order valence-corrected chi connectivity index (χ1v) is 10.3. The first-order valence-electron chi connectivity index (χ1n) is 9.58. The van der Waals surface area contributed by atoms with Gasteiger partial charge in [-0.05, 0) is 29.8 Å². The minimum atomic E-state index is -0.972. The number of para-hydroxylation sites is 2. The van der Waals surface area contributed by atoms with Crippen molar-refractivity contribution in [2.24, 2.45) is 0 Å². The predicted molar refractivity (Wildman–Crippen MR) is 123 cm³/mol. The number of carbonyl (C=O) groups excluding carboxylic acids is 2. The van der Waals surface area contributed by atoms with Gasteiger partial charge in [0, 0.05) is 27.2 Å². The average Bonchev–Trinajstić information content (AvgIpc) is 2.78. The number of pyridine rings is 1. The molecule has 1 heterocycles. The van der Waals surface area contributed by atoms with Gasteiger partial charge in [0.25, 0.3) is 5.91 Å². The van der Waals surface area contributed by atoms with Gasteiger partial charge in [0.15, 0.2) is 0 Å². The van der Waals surface area contributed by atoms with Crippen LogP contribution in [-0.2, 0) is 16.0 Å². The summed E-state index contributed by atoms with van der Waals surface area (Å²) in [7, 11) is 1.27. The van der Waals surface area contributed by atoms with Gasteiger partial charge >= 0.3 is 5.97 Å². The summed E-state index contributed by atoms with van der Waals surface area (Å²) in [5.41, 5.74) is 2.39. The Morgan fingerprint density at radius 2 is 1.45 bits per heavy atom. The Morgan fingerprint density at radius 3 is 2.00 bits per heavy atom. The van der Waals surface area contributed by atoms with Crippen LogP contribution in [0.15, 0.2) is 66.7 Å². The largest absolute Gasteiger partial charge is 0.467 e. The lowest BCUT2D eigenvalue weighted by Crippen LogP contribution is -2.43. The molecule has 31 heavy (non-hydrogen) atoms. The van der Waals surface area contributed by atoms with Crippen molar-refractivity contribution in [3.8, 4) is 0 Å². The van der Waals surface area contributed by atoms with Crippen LogP contribution in [0.2, 0.25) is 10.0 Å². The number of hydrogen-bond donors (Lipinski definition) is 1. The van der Waals surface area contributed by atoms with E-state index in [2.05, 4.69) is 10.3 Å². The highest BCUT2D eigenvalue weighted by atomic mass is 35.5. The van der Waals surface area contributed by atoms with E-state index in [0.717, 1.165) is 0 Å². The van der Waals surface area contributed by atoms with Gasteiger partial charge in [0.2, 0.25) is 0 Å². The summed E-state index contributed by atoms with van der Waals surface area (Å²) < 4.78 is 4.92. The van der Waals surface area contributed by atoms with E-state index in [9.17, 15) is 9.59 Å². The second kappa shape index (κ2) is 8.92. The fourth-order valence-electron chi connectivity index (χ4n) is 3.58. The van der Waals surface area contributed by atoms with Crippen molar-refractivity contribution in [2.75, 3.05) is 7.11 Å². The van der Waals surface area contributed by atoms with Gasteiger partial charge in [-0.25, -0.2) is 9.78 Å². The number of aromatic nitrogens is 1. The normalized spacial score (nSPS) is 12.0. The Kier molecular flexibility index (Phi) is 6.07. The van der Waals surface area contributed by atoms with Gasteiger partial charge in [-0.2, -0.15) is 0 Å². The van der Waals surface area contributed by atoms with E-state index in [4.69, 9.17) is 27.9 Å². The molecule has 156 valence electrons. The van der Waals surface area contributed by atoms with Gasteiger partial charge < -0.3 is 10.1 Å². The van der Waals surface area contributed by atoms with E-state index in [0.29, 0.717) is 43.0 Å². The Morgan fingerprint density at radius 1 is 0.903 bits per heavy atom. The molecule has 0 bridgehead atoms. The number of hydrogen-bond acceptors (Lipinski definition) is 4. The molecular formula is C24H18Cl2N2O3. The molecule has 0 spiro atoms. The van der Waals surface area contributed by atoms with Gasteiger partial charge in [-0.1, -0.05) is 65.7 Å². The predicted octanol–water partition coefficient (Wildman–Crippen LogP) is 5.21. The fraction of sp³-hybridized carbons (Fsp3) is 0.125. The molecule has 3 aromatic carbocycles. The fourth-order valence-corrected chi connectivity index (χ4v) is 4.13. The molecule has 1 atom stereocenters. The number of esters is 1. The van der Waals surface area contributed by atoms with Crippen LogP contribution >= 0.6 is 23.2 Å². The number of methoxy groups -OCH3 is 1. The molecule has 1 aromatic heterocycles. The molecule has 0 unspecified atom stereocenters. The van der Waals surface area contributed by atoms with E-state index in [1.54, 1.807) is 18.2 Å². The number of benzene rings is 3. The van der Waals surface area contributed by atoms with Crippen LogP contribution in [0, 0.1) is 0 Å². The molecule has 0 fully saturated rings. The maximum atomic E-state index is 13.5. The van der Waals surface area contributed by atoms with Crippen molar-refractivity contribution in [1.82, 2.24) is 10.3 Å². The zero-order chi connectivity index (χ0) is 22.0. The van der Waals surface area contributed by atoms with Crippen LogP contribution < -0.4 is 5.32 Å². The molecule has 4 aromatic rings. The summed E-state index contributed by atoms with van der Waals surface area (Å²) in [5, 5.41) is 5.02. The number of fused-ring (bicyclic) bond motifs is 2. The lowest BCUT2D eigenvalue weighted by atomic mass is 10.0. The molecule has 0 saturated heterocycles. The quantitative estimate of drug-likeness (QED) is 0.333. The van der Waals surface area contributed by atoms with E-state index < -0.39 is 17.9 Å². The minimum Gasteiger partial charge on any atom is -0.467 e. The second-order valence-corrected chi connectivity index (χ2v) is 7.79. The topological polar surface area (TPSA) is 68.3 Å². The zero-order valence-electron chi connectivity index (χ0n) is 16.6. The molecule has 0 saturated carbocycles. The molecule has 0 aliphatic heterocycles. The summed E-state index contributed by atoms with van der Waals surface area (Å²) in [6.45, 7) is 0. The summed E-state index contributed by atoms with van der Waals surface area (Å²) >= 11 is 12.5. The highest BCUT2D eigenvalue weighted by Crippen LogP contribution is 2.28. The van der Waals surface area contributed by atoms with Crippen molar-refractivity contribution in [3.05, 3.63) is 87.9 Å². The molecular weight excluding hydrogens is 435 g/mol. The first kappa shape index (κ1) is 21.1. The standard InChI is InChI=1S/C24H18Cl2N2O3/c1-31-24(30)21(13-16-17(25)9-6-10-18(16)26)28-23(29)22-14-7-2-4-11-19(14)27-20-12-5-3-8-15(20)22/h2-12,21H,13H2,1H3,(H,28,29)/t21-/m0/s1. The number of amides is 1. The zero-order valence-corrected chi connectivity index (χ0v) is 18.1. The van der Waals surface area contributed by atoms with Crippen LogP contribution in [0.3, 0.4) is 0 Å². The van der Waals surface area contributed by atoms with Crippen LogP contribution in [0.25, 0.3) is 21.8 Å². The maximum absolute atomic E-state index is 13.5. The number of nitrogens with zero attached hydrogens (tertiary/aromatic N) is 1. The van der Waals surface area contributed by atoms with Gasteiger partial charge in [0.05, 0.1) is 23.7 Å². The number of carbonyl (C=O) groups is 2. The first-order chi connectivity index (χ1) is 15.0. The Balaban J connectivity index is 1.77. The van der Waals surface area contributed by atoms with E-state index in [1.807, 2.05) is 48.5 Å². The summed E-state index contributed by atoms with van der Waals surface area (Å²) in [5.74, 6) is -1.000. The van der Waals surface area contributed by atoms with Gasteiger partial charge in [0.1, 0.15) is 6.04 Å². The Bertz CT molecular complexity index is 1230. The van der Waals surface area contributed by atoms with Crippen molar-refractivity contribution in [2.45, 2.75) is 12.5 Å². The van der Waals surface area contributed by atoms with Gasteiger partial charge in [-0.3, -0.25) is 4.79 Å². The molecule has 1 N–H and O–H groups in total. The van der Waals surface area contributed by atoms with E-state index in [-0.39, 0.29) is 6.42 Å². The molecule has 0 radical (unpaired) electrons. The third-order valence-corrected chi connectivity index (χ3v) is 5.78. The SMILES string of the molecule is COC(=O)[C@H](Cc1c(Cl)cccc1Cl)NC(=O)c1c2ccccc2nc2ccccc12. The molecule has 5 nitrogen and oxygen atoms in total. The highest BCUT2D eigenvalue weighted by molar-refractivity contribution is 6.36. The third-order valence-electron chi connectivity index (χ3n) is 5.08. The monoisotopic (exact) mass is 452 g/mol. The summed E-state index contributed by atoms with van der Waals surface area (Å²) in [4.78, 5) is 30.6. The molecule has 7 heteroatoms. The molecule has 1 amide bonds. The second-order valence-electron chi connectivity index (χ2n) is 6.97. The number of halogens is 2. The average molecular weight is 453 g/mol.